The number of hydrogen-bond acceptors (Lipinski definition) is 4. The minimum absolute atomic E-state index is 0. The van der Waals surface area contributed by atoms with Crippen LogP contribution in [0.5, 0.6) is 0 Å². The number of aromatic nitrogens is 2. The molecular weight excluding hydrogens is 284 g/mol. The Hall–Kier alpha value is -1.49. The van der Waals surface area contributed by atoms with E-state index in [0.717, 1.165) is 26.2 Å². The molecule has 21 heavy (non-hydrogen) atoms. The number of rotatable bonds is 3. The van der Waals surface area contributed by atoms with Gasteiger partial charge < -0.3 is 5.32 Å². The fourth-order valence-electron chi connectivity index (χ4n) is 2.72. The molecule has 0 aromatic carbocycles. The summed E-state index contributed by atoms with van der Waals surface area (Å²) in [5, 5.41) is 3.48. The van der Waals surface area contributed by atoms with Gasteiger partial charge in [0.05, 0.1) is 0 Å². The van der Waals surface area contributed by atoms with E-state index in [1.807, 2.05) is 30.9 Å². The van der Waals surface area contributed by atoms with Crippen LogP contribution in [0.1, 0.15) is 22.7 Å². The van der Waals surface area contributed by atoms with Crippen molar-refractivity contribution >= 4 is 12.4 Å². The first-order valence-electron chi connectivity index (χ1n) is 7.09. The zero-order valence-electron chi connectivity index (χ0n) is 12.2. The summed E-state index contributed by atoms with van der Waals surface area (Å²) < 4.78 is 0. The van der Waals surface area contributed by atoms with Crippen LogP contribution in [0.3, 0.4) is 0 Å². The molecule has 0 aliphatic carbocycles. The summed E-state index contributed by atoms with van der Waals surface area (Å²) in [6.07, 6.45) is 7.64. The zero-order valence-corrected chi connectivity index (χ0v) is 13.0. The average molecular weight is 305 g/mol. The third-order valence-corrected chi connectivity index (χ3v) is 3.94. The van der Waals surface area contributed by atoms with E-state index in [1.165, 1.54) is 16.7 Å². The van der Waals surface area contributed by atoms with Crippen LogP contribution in [-0.4, -0.2) is 34.5 Å². The van der Waals surface area contributed by atoms with Crippen molar-refractivity contribution in [3.05, 3.63) is 59.7 Å². The first kappa shape index (κ1) is 15.9. The molecule has 2 aromatic rings. The molecule has 1 N–H and O–H groups in total. The Bertz CT molecular complexity index is 561. The SMILES string of the molecule is Cc1ccncc1CN1CCNCC1c1cccnc1.Cl. The Balaban J connectivity index is 0.00000161. The largest absolute Gasteiger partial charge is 0.314 e. The van der Waals surface area contributed by atoms with Crippen LogP contribution in [0.15, 0.2) is 43.0 Å². The van der Waals surface area contributed by atoms with Gasteiger partial charge in [0.1, 0.15) is 0 Å². The molecule has 112 valence electrons. The van der Waals surface area contributed by atoms with Gasteiger partial charge in [0.15, 0.2) is 0 Å². The Labute approximate surface area is 132 Å². The van der Waals surface area contributed by atoms with Crippen LogP contribution in [-0.2, 0) is 6.54 Å². The van der Waals surface area contributed by atoms with E-state index in [-0.39, 0.29) is 12.4 Å². The molecule has 1 atom stereocenters. The number of hydrogen-bond donors (Lipinski definition) is 1. The maximum absolute atomic E-state index is 4.25. The highest BCUT2D eigenvalue weighted by Crippen LogP contribution is 2.24. The molecule has 4 nitrogen and oxygen atoms in total. The number of nitrogens with one attached hydrogen (secondary N) is 1. The highest BCUT2D eigenvalue weighted by atomic mass is 35.5. The molecule has 0 radical (unpaired) electrons. The van der Waals surface area contributed by atoms with Crippen molar-refractivity contribution in [2.24, 2.45) is 0 Å². The van der Waals surface area contributed by atoms with Gasteiger partial charge in [-0.1, -0.05) is 6.07 Å². The molecule has 2 aromatic heterocycles. The molecule has 3 heterocycles. The maximum atomic E-state index is 4.25. The minimum Gasteiger partial charge on any atom is -0.314 e. The standard InChI is InChI=1S/C16H20N4.ClH/c1-13-4-6-18-10-15(13)12-20-8-7-19-11-16(20)14-3-2-5-17-9-14;/h2-6,9-10,16,19H,7-8,11-12H2,1H3;1H. The fourth-order valence-corrected chi connectivity index (χ4v) is 2.72. The normalized spacial score (nSPS) is 19.0. The summed E-state index contributed by atoms with van der Waals surface area (Å²) >= 11 is 0. The summed E-state index contributed by atoms with van der Waals surface area (Å²) in [6, 6.07) is 6.64. The topological polar surface area (TPSA) is 41.1 Å². The van der Waals surface area contributed by atoms with Crippen LogP contribution in [0.2, 0.25) is 0 Å². The van der Waals surface area contributed by atoms with Gasteiger partial charge in [-0.3, -0.25) is 14.9 Å². The molecule has 0 spiro atoms. The third kappa shape index (κ3) is 3.79. The van der Waals surface area contributed by atoms with Crippen molar-refractivity contribution in [3.63, 3.8) is 0 Å². The summed E-state index contributed by atoms with van der Waals surface area (Å²) in [7, 11) is 0. The van der Waals surface area contributed by atoms with Gasteiger partial charge in [-0.25, -0.2) is 0 Å². The molecule has 1 fully saturated rings. The van der Waals surface area contributed by atoms with E-state index >= 15 is 0 Å². The predicted octanol–water partition coefficient (Wildman–Crippen LogP) is 2.35. The summed E-state index contributed by atoms with van der Waals surface area (Å²) in [4.78, 5) is 11.0. The lowest BCUT2D eigenvalue weighted by Crippen LogP contribution is -2.45. The van der Waals surface area contributed by atoms with E-state index in [0.29, 0.717) is 6.04 Å². The van der Waals surface area contributed by atoms with E-state index in [1.54, 1.807) is 0 Å². The monoisotopic (exact) mass is 304 g/mol. The molecule has 1 unspecified atom stereocenters. The second-order valence-corrected chi connectivity index (χ2v) is 5.28. The smallest absolute Gasteiger partial charge is 0.0492 e. The van der Waals surface area contributed by atoms with Gasteiger partial charge >= 0.3 is 0 Å². The van der Waals surface area contributed by atoms with Crippen molar-refractivity contribution in [2.45, 2.75) is 19.5 Å². The van der Waals surface area contributed by atoms with Crippen molar-refractivity contribution in [2.75, 3.05) is 19.6 Å². The van der Waals surface area contributed by atoms with Crippen LogP contribution >= 0.6 is 12.4 Å². The van der Waals surface area contributed by atoms with Gasteiger partial charge in [-0.15, -0.1) is 12.4 Å². The Morgan fingerprint density at radius 1 is 1.24 bits per heavy atom. The van der Waals surface area contributed by atoms with Gasteiger partial charge in [0, 0.05) is 57.0 Å². The van der Waals surface area contributed by atoms with E-state index in [9.17, 15) is 0 Å². The molecule has 1 aliphatic heterocycles. The first-order valence-corrected chi connectivity index (χ1v) is 7.09. The Morgan fingerprint density at radius 3 is 2.86 bits per heavy atom. The number of pyridine rings is 2. The van der Waals surface area contributed by atoms with Crippen molar-refractivity contribution < 1.29 is 0 Å². The molecule has 1 saturated heterocycles. The van der Waals surface area contributed by atoms with Crippen LogP contribution in [0.4, 0.5) is 0 Å². The van der Waals surface area contributed by atoms with Crippen LogP contribution in [0.25, 0.3) is 0 Å². The quantitative estimate of drug-likeness (QED) is 0.945. The molecule has 0 saturated carbocycles. The Morgan fingerprint density at radius 2 is 2.10 bits per heavy atom. The van der Waals surface area contributed by atoms with E-state index < -0.39 is 0 Å². The molecular formula is C16H21ClN4. The number of piperazine rings is 1. The highest BCUT2D eigenvalue weighted by molar-refractivity contribution is 5.85. The first-order chi connectivity index (χ1) is 9.84. The van der Waals surface area contributed by atoms with E-state index in [2.05, 4.69) is 39.2 Å². The van der Waals surface area contributed by atoms with Gasteiger partial charge in [0.25, 0.3) is 0 Å². The molecule has 0 bridgehead atoms. The lowest BCUT2D eigenvalue weighted by Gasteiger charge is -2.36. The summed E-state index contributed by atoms with van der Waals surface area (Å²) in [5.74, 6) is 0. The lowest BCUT2D eigenvalue weighted by atomic mass is 10.0. The zero-order chi connectivity index (χ0) is 13.8. The minimum atomic E-state index is 0. The Kier molecular flexibility index (Phi) is 5.67. The molecule has 3 rings (SSSR count). The second kappa shape index (κ2) is 7.50. The number of nitrogens with zero attached hydrogens (tertiary/aromatic N) is 3. The van der Waals surface area contributed by atoms with Crippen LogP contribution < -0.4 is 5.32 Å². The second-order valence-electron chi connectivity index (χ2n) is 5.28. The maximum Gasteiger partial charge on any atom is 0.0492 e. The van der Waals surface area contributed by atoms with Crippen molar-refractivity contribution in [1.29, 1.82) is 0 Å². The number of halogens is 1. The summed E-state index contributed by atoms with van der Waals surface area (Å²) in [5.41, 5.74) is 3.90. The van der Waals surface area contributed by atoms with Crippen molar-refractivity contribution in [3.8, 4) is 0 Å². The predicted molar refractivity (Wildman–Crippen MR) is 86.5 cm³/mol. The molecule has 0 amide bonds. The highest BCUT2D eigenvalue weighted by Gasteiger charge is 2.24. The number of aryl methyl sites for hydroxylation is 1. The van der Waals surface area contributed by atoms with E-state index in [4.69, 9.17) is 0 Å². The van der Waals surface area contributed by atoms with Gasteiger partial charge in [0.2, 0.25) is 0 Å². The average Bonchev–Trinajstić information content (AvgIpc) is 2.51. The third-order valence-electron chi connectivity index (χ3n) is 3.94. The van der Waals surface area contributed by atoms with Crippen molar-refractivity contribution in [1.82, 2.24) is 20.2 Å². The fraction of sp³-hybridized carbons (Fsp3) is 0.375. The summed E-state index contributed by atoms with van der Waals surface area (Å²) in [6.45, 7) is 6.16. The molecule has 1 aliphatic rings. The molecule has 5 heteroatoms. The van der Waals surface area contributed by atoms with Gasteiger partial charge in [-0.05, 0) is 35.7 Å². The lowest BCUT2D eigenvalue weighted by molar-refractivity contribution is 0.153. The van der Waals surface area contributed by atoms with Crippen LogP contribution in [0, 0.1) is 6.92 Å². The van der Waals surface area contributed by atoms with Gasteiger partial charge in [-0.2, -0.15) is 0 Å².